The molecule has 0 aromatic carbocycles. The van der Waals surface area contributed by atoms with E-state index in [4.69, 9.17) is 4.43 Å². The van der Waals surface area contributed by atoms with Gasteiger partial charge in [0.15, 0.2) is 8.32 Å². The summed E-state index contributed by atoms with van der Waals surface area (Å²) in [7, 11) is -1.77. The largest absolute Gasteiger partial charge is 0.414 e. The van der Waals surface area contributed by atoms with Crippen molar-refractivity contribution >= 4 is 14.1 Å². The van der Waals surface area contributed by atoms with Crippen LogP contribution in [-0.2, 0) is 9.22 Å². The van der Waals surface area contributed by atoms with Gasteiger partial charge in [0.05, 0.1) is 12.7 Å². The van der Waals surface area contributed by atoms with E-state index in [0.29, 0.717) is 42.0 Å². The maximum atomic E-state index is 13.3. The highest BCUT2D eigenvalue weighted by Gasteiger charge is 2.61. The lowest BCUT2D eigenvalue weighted by Gasteiger charge is -2.58. The van der Waals surface area contributed by atoms with Gasteiger partial charge in [0.1, 0.15) is 5.78 Å². The van der Waals surface area contributed by atoms with Crippen LogP contribution in [0.5, 0.6) is 0 Å². The summed E-state index contributed by atoms with van der Waals surface area (Å²) in [5.41, 5.74) is 1.73. The van der Waals surface area contributed by atoms with Crippen molar-refractivity contribution in [3.63, 3.8) is 0 Å². The fourth-order valence-electron chi connectivity index (χ4n) is 8.36. The molecule has 0 bridgehead atoms. The van der Waals surface area contributed by atoms with Crippen LogP contribution in [0.1, 0.15) is 98.8 Å². The van der Waals surface area contributed by atoms with Crippen molar-refractivity contribution in [1.29, 1.82) is 0 Å². The summed E-state index contributed by atoms with van der Waals surface area (Å²) in [5.74, 6) is 2.66. The van der Waals surface area contributed by atoms with E-state index >= 15 is 0 Å². The minimum atomic E-state index is -1.77. The molecule has 0 radical (unpaired) electrons. The van der Waals surface area contributed by atoms with Crippen molar-refractivity contribution in [1.82, 2.24) is 0 Å². The van der Waals surface area contributed by atoms with Gasteiger partial charge >= 0.3 is 0 Å². The zero-order valence-electron chi connectivity index (χ0n) is 23.5. The first-order valence-electron chi connectivity index (χ1n) is 14.4. The Labute approximate surface area is 215 Å². The number of aliphatic hydroxyl groups is 2. The zero-order valence-corrected chi connectivity index (χ0v) is 24.5. The van der Waals surface area contributed by atoms with Crippen molar-refractivity contribution in [2.24, 2.45) is 34.5 Å². The van der Waals surface area contributed by atoms with Crippen LogP contribution in [0.4, 0.5) is 0 Å². The molecule has 0 amide bonds. The highest BCUT2D eigenvalue weighted by molar-refractivity contribution is 6.74. The van der Waals surface area contributed by atoms with E-state index < -0.39 is 14.4 Å². The summed E-state index contributed by atoms with van der Waals surface area (Å²) in [6.07, 6.45) is 12.4. The van der Waals surface area contributed by atoms with Crippen LogP contribution in [0.15, 0.2) is 11.6 Å². The minimum Gasteiger partial charge on any atom is -0.414 e. The summed E-state index contributed by atoms with van der Waals surface area (Å²) in [6.45, 7) is 16.4. The van der Waals surface area contributed by atoms with Crippen molar-refractivity contribution < 1.29 is 19.4 Å². The molecule has 5 heteroatoms. The van der Waals surface area contributed by atoms with Crippen LogP contribution in [0.2, 0.25) is 18.1 Å². The van der Waals surface area contributed by atoms with Gasteiger partial charge in [-0.1, -0.05) is 52.7 Å². The maximum absolute atomic E-state index is 13.3. The van der Waals surface area contributed by atoms with Gasteiger partial charge in [0.25, 0.3) is 0 Å². The van der Waals surface area contributed by atoms with Crippen LogP contribution in [0.3, 0.4) is 0 Å². The Bertz CT molecular complexity index is 829. The van der Waals surface area contributed by atoms with Crippen molar-refractivity contribution in [2.45, 2.75) is 129 Å². The molecule has 4 rings (SSSR count). The summed E-state index contributed by atoms with van der Waals surface area (Å²) in [6, 6.07) is 0. The van der Waals surface area contributed by atoms with Crippen LogP contribution < -0.4 is 0 Å². The normalized spacial score (nSPS) is 40.5. The molecule has 8 atom stereocenters. The second-order valence-corrected chi connectivity index (χ2v) is 19.3. The highest BCUT2D eigenvalue weighted by Crippen LogP contribution is 2.66. The van der Waals surface area contributed by atoms with Gasteiger partial charge in [0.2, 0.25) is 0 Å². The van der Waals surface area contributed by atoms with E-state index in [1.807, 2.05) is 0 Å². The third kappa shape index (κ3) is 4.89. The van der Waals surface area contributed by atoms with Gasteiger partial charge in [-0.3, -0.25) is 4.79 Å². The van der Waals surface area contributed by atoms with E-state index in [2.05, 4.69) is 53.8 Å². The first-order chi connectivity index (χ1) is 16.2. The molecule has 4 aliphatic rings. The summed E-state index contributed by atoms with van der Waals surface area (Å²) in [4.78, 5) is 13.3. The standard InChI is InChI=1S/C30H52O4Si/c1-28(2,3)35(6,7)34-23-13-15-29(4)21(18-23)11-12-24-25(29)14-16-30(5)26(33)17-20(27(24)30)9-8-10-22(32)19-31/h11,20,22-25,27,31-32H,8-10,12-19H2,1-7H3/t20-,22?,23+,24-,25+,27+,29+,30-/m1/s1. The lowest BCUT2D eigenvalue weighted by molar-refractivity contribution is -0.132. The Kier molecular flexibility index (Phi) is 7.61. The van der Waals surface area contributed by atoms with Gasteiger partial charge in [0, 0.05) is 17.9 Å². The number of fused-ring (bicyclic) bond motifs is 5. The van der Waals surface area contributed by atoms with Crippen LogP contribution >= 0.6 is 0 Å². The van der Waals surface area contributed by atoms with Gasteiger partial charge in [-0.15, -0.1) is 0 Å². The molecule has 1 unspecified atom stereocenters. The van der Waals surface area contributed by atoms with Gasteiger partial charge in [-0.2, -0.15) is 0 Å². The number of ketones is 1. The van der Waals surface area contributed by atoms with Crippen LogP contribution in [-0.4, -0.2) is 43.1 Å². The number of hydrogen-bond donors (Lipinski definition) is 2. The SMILES string of the molecule is CC(C)(C)[Si](C)(C)O[C@H]1CC[C@@]2(C)C(=CC[C@H]3[C@@H]4[C@H](CCCC(O)CO)CC(=O)[C@@]4(C)CC[C@@H]32)C1. The monoisotopic (exact) mass is 504 g/mol. The second-order valence-electron chi connectivity index (χ2n) is 14.5. The number of carbonyl (C=O) groups is 1. The quantitative estimate of drug-likeness (QED) is 0.300. The van der Waals surface area contributed by atoms with Crippen LogP contribution in [0.25, 0.3) is 0 Å². The predicted octanol–water partition coefficient (Wildman–Crippen LogP) is 6.66. The molecule has 35 heavy (non-hydrogen) atoms. The lowest BCUT2D eigenvalue weighted by atomic mass is 9.47. The Morgan fingerprint density at radius 3 is 2.49 bits per heavy atom. The van der Waals surface area contributed by atoms with Gasteiger partial charge < -0.3 is 14.6 Å². The molecule has 0 aliphatic heterocycles. The fraction of sp³-hybridized carbons (Fsp3) is 0.900. The molecular formula is C30H52O4Si. The molecule has 0 aromatic rings. The highest BCUT2D eigenvalue weighted by atomic mass is 28.4. The average Bonchev–Trinajstić information content (AvgIpc) is 3.03. The molecule has 3 fully saturated rings. The Morgan fingerprint density at radius 2 is 1.83 bits per heavy atom. The number of hydrogen-bond acceptors (Lipinski definition) is 4. The number of allylic oxidation sites excluding steroid dienone is 1. The minimum absolute atomic E-state index is 0.161. The van der Waals surface area contributed by atoms with E-state index in [1.54, 1.807) is 5.57 Å². The Morgan fingerprint density at radius 1 is 1.14 bits per heavy atom. The Hall–Kier alpha value is -0.493. The fourth-order valence-corrected chi connectivity index (χ4v) is 9.75. The number of carbonyl (C=O) groups excluding carboxylic acids is 1. The van der Waals surface area contributed by atoms with Crippen molar-refractivity contribution in [2.75, 3.05) is 6.61 Å². The molecule has 4 aliphatic carbocycles. The van der Waals surface area contributed by atoms with E-state index in [9.17, 15) is 15.0 Å². The topological polar surface area (TPSA) is 66.8 Å². The molecule has 0 saturated heterocycles. The van der Waals surface area contributed by atoms with Gasteiger partial charge in [-0.05, 0) is 98.6 Å². The third-order valence-corrected chi connectivity index (χ3v) is 16.0. The lowest BCUT2D eigenvalue weighted by Crippen LogP contribution is -2.52. The van der Waals surface area contributed by atoms with E-state index in [1.165, 1.54) is 12.8 Å². The first kappa shape index (κ1) is 27.5. The molecule has 200 valence electrons. The first-order valence-corrected chi connectivity index (χ1v) is 17.3. The average molecular weight is 505 g/mol. The van der Waals surface area contributed by atoms with E-state index in [-0.39, 0.29) is 22.5 Å². The maximum Gasteiger partial charge on any atom is 0.192 e. The smallest absolute Gasteiger partial charge is 0.192 e. The summed E-state index contributed by atoms with van der Waals surface area (Å²) >= 11 is 0. The molecule has 0 spiro atoms. The third-order valence-electron chi connectivity index (χ3n) is 11.5. The predicted molar refractivity (Wildman–Crippen MR) is 145 cm³/mol. The molecule has 0 heterocycles. The molecule has 4 nitrogen and oxygen atoms in total. The van der Waals surface area contributed by atoms with Crippen LogP contribution in [0, 0.1) is 34.5 Å². The van der Waals surface area contributed by atoms with Crippen molar-refractivity contribution in [3.8, 4) is 0 Å². The molecule has 3 saturated carbocycles. The zero-order chi connectivity index (χ0) is 25.8. The van der Waals surface area contributed by atoms with Crippen molar-refractivity contribution in [3.05, 3.63) is 11.6 Å². The molecule has 0 aromatic heterocycles. The van der Waals surface area contributed by atoms with Gasteiger partial charge in [-0.25, -0.2) is 0 Å². The Balaban J connectivity index is 1.51. The summed E-state index contributed by atoms with van der Waals surface area (Å²) < 4.78 is 6.88. The number of aliphatic hydroxyl groups excluding tert-OH is 2. The summed E-state index contributed by atoms with van der Waals surface area (Å²) in [5, 5.41) is 19.3. The van der Waals surface area contributed by atoms with E-state index in [0.717, 1.165) is 44.9 Å². The number of rotatable bonds is 7. The second kappa shape index (κ2) is 9.67. The number of Topliss-reactive ketones (excluding diaryl/α,β-unsaturated/α-hetero) is 1. The molecule has 2 N–H and O–H groups in total. The molecular weight excluding hydrogens is 452 g/mol.